The lowest BCUT2D eigenvalue weighted by Gasteiger charge is -2.31. The summed E-state index contributed by atoms with van der Waals surface area (Å²) in [6.45, 7) is 11.3. The smallest absolute Gasteiger partial charge is 0.130 e. The molecule has 134 valence electrons. The van der Waals surface area contributed by atoms with Crippen LogP contribution in [-0.4, -0.2) is 25.8 Å². The van der Waals surface area contributed by atoms with Crippen LogP contribution in [-0.2, 0) is 20.4 Å². The van der Waals surface area contributed by atoms with E-state index in [1.165, 1.54) is 0 Å². The lowest BCUT2D eigenvalue weighted by molar-refractivity contribution is -0.118. The third kappa shape index (κ3) is 4.59. The fourth-order valence-electron chi connectivity index (χ4n) is 3.39. The Kier molecular flexibility index (Phi) is 6.20. The highest BCUT2D eigenvalue weighted by molar-refractivity contribution is 5.78. The molecule has 0 saturated carbocycles. The number of carbonyl (C=O) groups is 2. The van der Waals surface area contributed by atoms with Gasteiger partial charge >= 0.3 is 0 Å². The number of ether oxygens (including phenoxy) is 2. The molecule has 0 bridgehead atoms. The lowest BCUT2D eigenvalue weighted by atomic mass is 9.75. The third-order valence-corrected chi connectivity index (χ3v) is 4.36. The van der Waals surface area contributed by atoms with Crippen LogP contribution in [0.15, 0.2) is 12.1 Å². The molecule has 4 heteroatoms. The Hall–Kier alpha value is -1.84. The molecule has 0 unspecified atom stereocenters. The van der Waals surface area contributed by atoms with Crippen molar-refractivity contribution in [1.29, 1.82) is 0 Å². The lowest BCUT2D eigenvalue weighted by Crippen LogP contribution is -2.25. The molecule has 0 fully saturated rings. The number of Topliss-reactive ketones (excluding diaryl/α,β-unsaturated/α-hetero) is 2. The maximum atomic E-state index is 11.6. The van der Waals surface area contributed by atoms with E-state index in [2.05, 4.69) is 0 Å². The van der Waals surface area contributed by atoms with Gasteiger partial charge in [0.15, 0.2) is 0 Å². The highest BCUT2D eigenvalue weighted by atomic mass is 16.5. The number of carbonyl (C=O) groups excluding carboxylic acids is 2. The van der Waals surface area contributed by atoms with Gasteiger partial charge in [-0.2, -0.15) is 0 Å². The first kappa shape index (κ1) is 20.2. The van der Waals surface area contributed by atoms with Crippen LogP contribution in [0.25, 0.3) is 0 Å². The minimum Gasteiger partial charge on any atom is -0.496 e. The van der Waals surface area contributed by atoms with Crippen LogP contribution in [0.3, 0.4) is 0 Å². The predicted molar refractivity (Wildman–Crippen MR) is 96.2 cm³/mol. The standard InChI is InChI=1S/C20H30O4/c1-13(21)11-19(3,4)15-9-18(24-8)16(10-17(15)23-7)20(5,6)12-14(2)22/h9-10H,11-12H2,1-8H3. The quantitative estimate of drug-likeness (QED) is 0.714. The van der Waals surface area contributed by atoms with E-state index in [-0.39, 0.29) is 22.4 Å². The summed E-state index contributed by atoms with van der Waals surface area (Å²) in [5, 5.41) is 0. The molecule has 1 aromatic carbocycles. The van der Waals surface area contributed by atoms with Crippen molar-refractivity contribution in [3.8, 4) is 11.5 Å². The van der Waals surface area contributed by atoms with Gasteiger partial charge in [0.1, 0.15) is 23.1 Å². The van der Waals surface area contributed by atoms with E-state index < -0.39 is 0 Å². The van der Waals surface area contributed by atoms with Crippen molar-refractivity contribution < 1.29 is 19.1 Å². The number of hydrogen-bond acceptors (Lipinski definition) is 4. The second-order valence-electron chi connectivity index (χ2n) is 7.78. The van der Waals surface area contributed by atoms with E-state index in [0.717, 1.165) is 11.1 Å². The summed E-state index contributed by atoms with van der Waals surface area (Å²) < 4.78 is 11.2. The second kappa shape index (κ2) is 7.37. The summed E-state index contributed by atoms with van der Waals surface area (Å²) in [6.07, 6.45) is 0.839. The zero-order valence-corrected chi connectivity index (χ0v) is 16.2. The molecule has 0 aliphatic rings. The third-order valence-electron chi connectivity index (χ3n) is 4.36. The van der Waals surface area contributed by atoms with Gasteiger partial charge in [-0.25, -0.2) is 0 Å². The minimum absolute atomic E-state index is 0.127. The SMILES string of the molecule is COc1cc(C(C)(C)CC(C)=O)c(OC)cc1C(C)(C)CC(C)=O. The Morgan fingerprint density at radius 3 is 1.29 bits per heavy atom. The fourth-order valence-corrected chi connectivity index (χ4v) is 3.39. The zero-order chi connectivity index (χ0) is 18.7. The molecule has 0 amide bonds. The Bertz CT molecular complexity index is 571. The first-order chi connectivity index (χ1) is 10.9. The Balaban J connectivity index is 3.53. The number of hydrogen-bond donors (Lipinski definition) is 0. The highest BCUT2D eigenvalue weighted by Gasteiger charge is 2.32. The van der Waals surface area contributed by atoms with Crippen LogP contribution in [0, 0.1) is 0 Å². The van der Waals surface area contributed by atoms with Gasteiger partial charge in [0, 0.05) is 34.8 Å². The van der Waals surface area contributed by atoms with Gasteiger partial charge in [-0.1, -0.05) is 27.7 Å². The van der Waals surface area contributed by atoms with Gasteiger partial charge in [0.05, 0.1) is 14.2 Å². The Labute approximate surface area is 145 Å². The summed E-state index contributed by atoms with van der Waals surface area (Å²) in [7, 11) is 3.24. The molecule has 0 spiro atoms. The average Bonchev–Trinajstić information content (AvgIpc) is 2.42. The van der Waals surface area contributed by atoms with Crippen LogP contribution < -0.4 is 9.47 Å². The van der Waals surface area contributed by atoms with E-state index in [1.807, 2.05) is 39.8 Å². The first-order valence-corrected chi connectivity index (χ1v) is 8.20. The molecule has 24 heavy (non-hydrogen) atoms. The first-order valence-electron chi connectivity index (χ1n) is 8.20. The normalized spacial score (nSPS) is 12.0. The van der Waals surface area contributed by atoms with Gasteiger partial charge in [-0.05, 0) is 26.0 Å². The molecule has 0 aliphatic heterocycles. The van der Waals surface area contributed by atoms with Crippen LogP contribution >= 0.6 is 0 Å². The molecular weight excluding hydrogens is 304 g/mol. The van der Waals surface area contributed by atoms with Crippen LogP contribution in [0.1, 0.15) is 65.5 Å². The summed E-state index contributed by atoms with van der Waals surface area (Å²) in [5.74, 6) is 1.69. The molecule has 0 aliphatic carbocycles. The molecule has 1 rings (SSSR count). The highest BCUT2D eigenvalue weighted by Crippen LogP contribution is 2.43. The van der Waals surface area contributed by atoms with Gasteiger partial charge in [-0.3, -0.25) is 9.59 Å². The van der Waals surface area contributed by atoms with Crippen molar-refractivity contribution in [2.75, 3.05) is 14.2 Å². The van der Waals surface area contributed by atoms with E-state index in [1.54, 1.807) is 28.1 Å². The minimum atomic E-state index is -0.367. The zero-order valence-electron chi connectivity index (χ0n) is 16.2. The largest absolute Gasteiger partial charge is 0.496 e. The molecule has 0 radical (unpaired) electrons. The van der Waals surface area contributed by atoms with Gasteiger partial charge in [0.2, 0.25) is 0 Å². The summed E-state index contributed by atoms with van der Waals surface area (Å²) in [5.41, 5.74) is 1.13. The maximum absolute atomic E-state index is 11.6. The summed E-state index contributed by atoms with van der Waals surface area (Å²) >= 11 is 0. The number of ketones is 2. The molecule has 4 nitrogen and oxygen atoms in total. The van der Waals surface area contributed by atoms with Crippen molar-refractivity contribution in [3.63, 3.8) is 0 Å². The second-order valence-corrected chi connectivity index (χ2v) is 7.78. The molecule has 0 saturated heterocycles. The molecule has 0 N–H and O–H groups in total. The Morgan fingerprint density at radius 2 is 1.08 bits per heavy atom. The van der Waals surface area contributed by atoms with Crippen LogP contribution in [0.2, 0.25) is 0 Å². The summed E-state index contributed by atoms with van der Waals surface area (Å²) in [6, 6.07) is 3.89. The number of methoxy groups -OCH3 is 2. The van der Waals surface area contributed by atoms with Crippen molar-refractivity contribution in [1.82, 2.24) is 0 Å². The predicted octanol–water partition coefficient (Wildman–Crippen LogP) is 4.22. The molecule has 0 aromatic heterocycles. The van der Waals surface area contributed by atoms with Crippen molar-refractivity contribution in [2.24, 2.45) is 0 Å². The van der Waals surface area contributed by atoms with Crippen molar-refractivity contribution >= 4 is 11.6 Å². The van der Waals surface area contributed by atoms with Crippen LogP contribution in [0.5, 0.6) is 11.5 Å². The van der Waals surface area contributed by atoms with Gasteiger partial charge in [0.25, 0.3) is 0 Å². The van der Waals surface area contributed by atoms with Crippen molar-refractivity contribution in [3.05, 3.63) is 23.3 Å². The van der Waals surface area contributed by atoms with E-state index in [9.17, 15) is 9.59 Å². The Morgan fingerprint density at radius 1 is 0.792 bits per heavy atom. The fraction of sp³-hybridized carbons (Fsp3) is 0.600. The van der Waals surface area contributed by atoms with E-state index >= 15 is 0 Å². The molecule has 0 heterocycles. The average molecular weight is 334 g/mol. The maximum Gasteiger partial charge on any atom is 0.130 e. The topological polar surface area (TPSA) is 52.6 Å². The van der Waals surface area contributed by atoms with Crippen molar-refractivity contribution in [2.45, 2.75) is 65.2 Å². The summed E-state index contributed by atoms with van der Waals surface area (Å²) in [4.78, 5) is 23.2. The van der Waals surface area contributed by atoms with E-state index in [4.69, 9.17) is 9.47 Å². The molecule has 1 aromatic rings. The monoisotopic (exact) mass is 334 g/mol. The number of benzene rings is 1. The molecule has 0 atom stereocenters. The van der Waals surface area contributed by atoms with E-state index in [0.29, 0.717) is 24.3 Å². The van der Waals surface area contributed by atoms with Gasteiger partial charge in [-0.15, -0.1) is 0 Å². The van der Waals surface area contributed by atoms with Gasteiger partial charge < -0.3 is 9.47 Å². The van der Waals surface area contributed by atoms with Crippen LogP contribution in [0.4, 0.5) is 0 Å². The number of rotatable bonds is 8. The molecular formula is C20H30O4.